The van der Waals surface area contributed by atoms with Crippen molar-refractivity contribution in [3.8, 4) is 5.75 Å². The van der Waals surface area contributed by atoms with Crippen molar-refractivity contribution in [3.05, 3.63) is 42.2 Å². The Morgan fingerprint density at radius 2 is 1.93 bits per heavy atom. The average Bonchev–Trinajstić information content (AvgIpc) is 3.07. The molecule has 0 unspecified atom stereocenters. The molecule has 0 atom stereocenters. The smallest absolute Gasteiger partial charge is 0.177 e. The van der Waals surface area contributed by atoms with Crippen LogP contribution in [0.5, 0.6) is 5.75 Å². The van der Waals surface area contributed by atoms with E-state index in [4.69, 9.17) is 15.6 Å². The molecule has 0 bridgehead atoms. The minimum absolute atomic E-state index is 0.335. The molecule has 1 saturated carbocycles. The average molecular weight is 380 g/mol. The van der Waals surface area contributed by atoms with Crippen LogP contribution in [-0.4, -0.2) is 33.3 Å². The van der Waals surface area contributed by atoms with Crippen molar-refractivity contribution in [3.63, 3.8) is 0 Å². The van der Waals surface area contributed by atoms with Crippen molar-refractivity contribution in [2.45, 2.75) is 51.6 Å². The Morgan fingerprint density at radius 1 is 1.18 bits per heavy atom. The Hall–Kier alpha value is -2.80. The molecule has 148 valence electrons. The minimum atomic E-state index is 0.335. The normalized spacial score (nSPS) is 19.5. The van der Waals surface area contributed by atoms with E-state index in [0.29, 0.717) is 18.7 Å². The van der Waals surface area contributed by atoms with E-state index < -0.39 is 0 Å². The van der Waals surface area contributed by atoms with E-state index >= 15 is 0 Å². The lowest BCUT2D eigenvalue weighted by molar-refractivity contribution is 0.340. The van der Waals surface area contributed by atoms with E-state index in [1.54, 1.807) is 0 Å². The number of aromatic nitrogens is 3. The highest BCUT2D eigenvalue weighted by atomic mass is 16.5. The predicted octanol–water partition coefficient (Wildman–Crippen LogP) is 3.86. The van der Waals surface area contributed by atoms with Gasteiger partial charge in [0.05, 0.1) is 24.2 Å². The molecule has 0 radical (unpaired) electrons. The fourth-order valence-corrected chi connectivity index (χ4v) is 3.67. The van der Waals surface area contributed by atoms with Gasteiger partial charge in [-0.2, -0.15) is 0 Å². The zero-order valence-electron chi connectivity index (χ0n) is 16.5. The molecular formula is C21H28N6O. The van der Waals surface area contributed by atoms with Gasteiger partial charge in [-0.3, -0.25) is 0 Å². The number of benzene rings is 1. The second-order valence-electron chi connectivity index (χ2n) is 7.42. The van der Waals surface area contributed by atoms with Gasteiger partial charge in [0, 0.05) is 23.8 Å². The summed E-state index contributed by atoms with van der Waals surface area (Å²) in [7, 11) is 0. The number of fused-ring (bicyclic) bond motifs is 1. The van der Waals surface area contributed by atoms with E-state index in [0.717, 1.165) is 60.0 Å². The molecule has 0 amide bonds. The third-order valence-electron chi connectivity index (χ3n) is 5.21. The Balaban J connectivity index is 1.59. The largest absolute Gasteiger partial charge is 0.494 e. The zero-order chi connectivity index (χ0) is 19.5. The van der Waals surface area contributed by atoms with Gasteiger partial charge in [0.1, 0.15) is 11.6 Å². The first kappa shape index (κ1) is 18.6. The number of nitrogens with two attached hydrogens (primary N) is 1. The van der Waals surface area contributed by atoms with E-state index in [1.807, 2.05) is 54.9 Å². The van der Waals surface area contributed by atoms with Crippen LogP contribution in [0, 0.1) is 6.92 Å². The Kier molecular flexibility index (Phi) is 5.34. The maximum atomic E-state index is 6.04. The summed E-state index contributed by atoms with van der Waals surface area (Å²) in [5, 5.41) is 11.8. The lowest BCUT2D eigenvalue weighted by Gasteiger charge is -2.27. The number of rotatable bonds is 6. The molecule has 4 N–H and O–H groups in total. The molecule has 0 spiro atoms. The van der Waals surface area contributed by atoms with Crippen LogP contribution in [0.4, 0.5) is 17.2 Å². The zero-order valence-corrected chi connectivity index (χ0v) is 16.5. The molecule has 1 aliphatic carbocycles. The number of nitrogens with zero attached hydrogens (tertiary/aromatic N) is 3. The van der Waals surface area contributed by atoms with Gasteiger partial charge in [0.2, 0.25) is 0 Å². The quantitative estimate of drug-likeness (QED) is 0.602. The van der Waals surface area contributed by atoms with E-state index in [2.05, 4.69) is 15.6 Å². The summed E-state index contributed by atoms with van der Waals surface area (Å²) in [6, 6.07) is 10.7. The maximum Gasteiger partial charge on any atom is 0.177 e. The molecule has 28 heavy (non-hydrogen) atoms. The van der Waals surface area contributed by atoms with Gasteiger partial charge in [-0.05, 0) is 63.8 Å². The number of hydrogen-bond acceptors (Lipinski definition) is 6. The van der Waals surface area contributed by atoms with Crippen LogP contribution in [-0.2, 0) is 0 Å². The van der Waals surface area contributed by atoms with Crippen LogP contribution in [0.25, 0.3) is 5.65 Å². The molecule has 0 saturated heterocycles. The Bertz CT molecular complexity index is 928. The van der Waals surface area contributed by atoms with Gasteiger partial charge < -0.3 is 21.1 Å². The van der Waals surface area contributed by atoms with Crippen molar-refractivity contribution in [1.29, 1.82) is 0 Å². The molecule has 2 heterocycles. The van der Waals surface area contributed by atoms with Gasteiger partial charge in [0.15, 0.2) is 5.65 Å². The first-order valence-electron chi connectivity index (χ1n) is 9.99. The van der Waals surface area contributed by atoms with E-state index in [9.17, 15) is 0 Å². The summed E-state index contributed by atoms with van der Waals surface area (Å²) >= 11 is 0. The number of ether oxygens (including phenoxy) is 1. The van der Waals surface area contributed by atoms with Crippen molar-refractivity contribution < 1.29 is 4.74 Å². The van der Waals surface area contributed by atoms with Gasteiger partial charge >= 0.3 is 0 Å². The molecule has 7 heteroatoms. The summed E-state index contributed by atoms with van der Waals surface area (Å²) in [6.45, 7) is 4.65. The minimum Gasteiger partial charge on any atom is -0.494 e. The number of hydrogen-bond donors (Lipinski definition) is 3. The molecular weight excluding hydrogens is 352 g/mol. The third kappa shape index (κ3) is 4.04. The fraction of sp³-hybridized carbons (Fsp3) is 0.429. The van der Waals surface area contributed by atoms with Crippen molar-refractivity contribution in [2.75, 3.05) is 17.2 Å². The lowest BCUT2D eigenvalue weighted by Crippen LogP contribution is -2.33. The highest BCUT2D eigenvalue weighted by molar-refractivity contribution is 5.76. The summed E-state index contributed by atoms with van der Waals surface area (Å²) in [5.74, 6) is 1.71. The van der Waals surface area contributed by atoms with E-state index in [-0.39, 0.29) is 0 Å². The van der Waals surface area contributed by atoms with Crippen LogP contribution >= 0.6 is 0 Å². The van der Waals surface area contributed by atoms with Gasteiger partial charge in [-0.25, -0.2) is 9.50 Å². The highest BCUT2D eigenvalue weighted by Crippen LogP contribution is 2.27. The Morgan fingerprint density at radius 3 is 2.64 bits per heavy atom. The molecule has 2 aromatic heterocycles. The van der Waals surface area contributed by atoms with Gasteiger partial charge in [-0.1, -0.05) is 0 Å². The first-order valence-corrected chi connectivity index (χ1v) is 9.99. The SMILES string of the molecule is CCOc1ccc(Nc2cc(NC3CCC(N)CC3)nn3c(C)cnc23)cc1. The molecule has 1 aromatic carbocycles. The van der Waals surface area contributed by atoms with Crippen LogP contribution in [0.1, 0.15) is 38.3 Å². The first-order chi connectivity index (χ1) is 13.6. The van der Waals surface area contributed by atoms with E-state index in [1.165, 1.54) is 0 Å². The second kappa shape index (κ2) is 8.06. The van der Waals surface area contributed by atoms with Crippen LogP contribution in [0.3, 0.4) is 0 Å². The number of nitrogens with one attached hydrogen (secondary N) is 2. The monoisotopic (exact) mass is 380 g/mol. The van der Waals surface area contributed by atoms with Crippen molar-refractivity contribution >= 4 is 22.8 Å². The number of aryl methyl sites for hydroxylation is 1. The molecule has 1 aliphatic rings. The van der Waals surface area contributed by atoms with Crippen LogP contribution in [0.15, 0.2) is 36.5 Å². The predicted molar refractivity (Wildman–Crippen MR) is 112 cm³/mol. The van der Waals surface area contributed by atoms with Crippen molar-refractivity contribution in [1.82, 2.24) is 14.6 Å². The molecule has 1 fully saturated rings. The molecule has 3 aromatic rings. The molecule has 0 aliphatic heterocycles. The lowest BCUT2D eigenvalue weighted by atomic mass is 9.92. The van der Waals surface area contributed by atoms with Gasteiger partial charge in [-0.15, -0.1) is 5.10 Å². The van der Waals surface area contributed by atoms with Crippen molar-refractivity contribution in [2.24, 2.45) is 5.73 Å². The number of imidazole rings is 1. The maximum absolute atomic E-state index is 6.04. The molecule has 4 rings (SSSR count). The fourth-order valence-electron chi connectivity index (χ4n) is 3.67. The van der Waals surface area contributed by atoms with Crippen LogP contribution in [0.2, 0.25) is 0 Å². The summed E-state index contributed by atoms with van der Waals surface area (Å²) < 4.78 is 7.41. The summed E-state index contributed by atoms with van der Waals surface area (Å²) in [5.41, 5.74) is 9.74. The standard InChI is InChI=1S/C21H28N6O/c1-3-28-18-10-8-16(9-11-18)24-19-12-20(25-17-6-4-15(22)5-7-17)26-27-14(2)13-23-21(19)27/h8-13,15,17,24H,3-7,22H2,1-2H3,(H,25,26). The van der Waals surface area contributed by atoms with Gasteiger partial charge in [0.25, 0.3) is 0 Å². The summed E-state index contributed by atoms with van der Waals surface area (Å²) in [6.07, 6.45) is 6.11. The number of anilines is 3. The summed E-state index contributed by atoms with van der Waals surface area (Å²) in [4.78, 5) is 4.53. The Labute approximate surface area is 165 Å². The van der Waals surface area contributed by atoms with Crippen LogP contribution < -0.4 is 21.1 Å². The highest BCUT2D eigenvalue weighted by Gasteiger charge is 2.19. The third-order valence-corrected chi connectivity index (χ3v) is 5.21. The second-order valence-corrected chi connectivity index (χ2v) is 7.42. The topological polar surface area (TPSA) is 89.5 Å². The molecule has 7 nitrogen and oxygen atoms in total.